The van der Waals surface area contributed by atoms with E-state index in [1.165, 1.54) is 39.2 Å². The summed E-state index contributed by atoms with van der Waals surface area (Å²) in [6.07, 6.45) is 7.79. The highest BCUT2D eigenvalue weighted by Gasteiger charge is 2.45. The molecule has 0 bridgehead atoms. The van der Waals surface area contributed by atoms with Crippen molar-refractivity contribution in [1.82, 2.24) is 10.2 Å². The molecule has 2 saturated heterocycles. The van der Waals surface area contributed by atoms with E-state index >= 15 is 0 Å². The predicted molar refractivity (Wildman–Crippen MR) is 83.4 cm³/mol. The Bertz CT molecular complexity index is 487. The van der Waals surface area contributed by atoms with Crippen LogP contribution in [0.3, 0.4) is 0 Å². The molecule has 0 spiro atoms. The first-order valence-electron chi connectivity index (χ1n) is 8.78. The third-order valence-corrected chi connectivity index (χ3v) is 5.70. The number of hydrogen-bond acceptors (Lipinski definition) is 4. The number of methoxy groups -OCH3 is 1. The number of rotatable bonds is 3. The summed E-state index contributed by atoms with van der Waals surface area (Å²) in [6.45, 7) is 0.621. The van der Waals surface area contributed by atoms with Gasteiger partial charge in [-0.15, -0.1) is 0 Å². The number of carbonyl (C=O) groups excluding carboxylic acids is 3. The first kappa shape index (κ1) is 16.3. The lowest BCUT2D eigenvalue weighted by atomic mass is 9.79. The zero-order valence-electron chi connectivity index (χ0n) is 13.8. The van der Waals surface area contributed by atoms with Gasteiger partial charge >= 0.3 is 5.97 Å². The molecule has 1 saturated carbocycles. The van der Waals surface area contributed by atoms with Crippen molar-refractivity contribution in [3.63, 3.8) is 0 Å². The summed E-state index contributed by atoms with van der Waals surface area (Å²) in [5.74, 6) is 0.443. The zero-order valence-corrected chi connectivity index (χ0v) is 13.8. The van der Waals surface area contributed by atoms with Crippen molar-refractivity contribution in [2.45, 2.75) is 63.5 Å². The smallest absolute Gasteiger partial charge is 0.328 e. The van der Waals surface area contributed by atoms with Crippen LogP contribution in [0.25, 0.3) is 0 Å². The second-order valence-electron chi connectivity index (χ2n) is 7.08. The summed E-state index contributed by atoms with van der Waals surface area (Å²) >= 11 is 0. The summed E-state index contributed by atoms with van der Waals surface area (Å²) < 4.78 is 4.91. The third kappa shape index (κ3) is 3.35. The van der Waals surface area contributed by atoms with Gasteiger partial charge in [0.2, 0.25) is 11.8 Å². The van der Waals surface area contributed by atoms with Gasteiger partial charge in [0.25, 0.3) is 0 Å². The van der Waals surface area contributed by atoms with Gasteiger partial charge in [-0.2, -0.15) is 0 Å². The Morgan fingerprint density at radius 2 is 1.87 bits per heavy atom. The van der Waals surface area contributed by atoms with Gasteiger partial charge in [0.1, 0.15) is 12.1 Å². The maximum atomic E-state index is 12.8. The first-order valence-corrected chi connectivity index (χ1v) is 8.78. The first-order chi connectivity index (χ1) is 11.1. The lowest BCUT2D eigenvalue weighted by Gasteiger charge is -2.28. The molecule has 3 atom stereocenters. The van der Waals surface area contributed by atoms with Crippen molar-refractivity contribution in [3.05, 3.63) is 0 Å². The number of esters is 1. The normalized spacial score (nSPS) is 32.0. The van der Waals surface area contributed by atoms with Crippen LogP contribution in [0.5, 0.6) is 0 Å². The molecule has 1 aliphatic carbocycles. The van der Waals surface area contributed by atoms with Crippen LogP contribution >= 0.6 is 0 Å². The molecule has 6 heteroatoms. The van der Waals surface area contributed by atoms with Gasteiger partial charge < -0.3 is 15.0 Å². The number of likely N-dealkylation sites (tertiary alicyclic amines) is 1. The molecule has 3 rings (SSSR count). The highest BCUT2D eigenvalue weighted by Crippen LogP contribution is 2.38. The quantitative estimate of drug-likeness (QED) is 0.793. The van der Waals surface area contributed by atoms with Crippen LogP contribution in [0.1, 0.15) is 51.4 Å². The van der Waals surface area contributed by atoms with Crippen LogP contribution in [-0.2, 0) is 19.1 Å². The fourth-order valence-electron chi connectivity index (χ4n) is 4.42. The minimum Gasteiger partial charge on any atom is -0.467 e. The summed E-state index contributed by atoms with van der Waals surface area (Å²) in [5.41, 5.74) is 0. The molecule has 23 heavy (non-hydrogen) atoms. The van der Waals surface area contributed by atoms with Gasteiger partial charge in [0.05, 0.1) is 7.11 Å². The van der Waals surface area contributed by atoms with Gasteiger partial charge in [-0.1, -0.05) is 32.1 Å². The molecule has 1 N–H and O–H groups in total. The highest BCUT2D eigenvalue weighted by molar-refractivity contribution is 5.93. The Morgan fingerprint density at radius 1 is 1.13 bits per heavy atom. The zero-order chi connectivity index (χ0) is 16.4. The Labute approximate surface area is 136 Å². The van der Waals surface area contributed by atoms with E-state index in [1.54, 1.807) is 4.90 Å². The Kier molecular flexibility index (Phi) is 4.87. The number of ether oxygens (including phenoxy) is 1. The van der Waals surface area contributed by atoms with Crippen molar-refractivity contribution in [3.8, 4) is 0 Å². The fraction of sp³-hybridized carbons (Fsp3) is 0.824. The second kappa shape index (κ2) is 6.89. The molecule has 0 aromatic heterocycles. The Hall–Kier alpha value is -1.59. The summed E-state index contributed by atoms with van der Waals surface area (Å²) in [5, 5.41) is 2.72. The lowest BCUT2D eigenvalue weighted by molar-refractivity contribution is -0.151. The van der Waals surface area contributed by atoms with E-state index in [2.05, 4.69) is 5.32 Å². The van der Waals surface area contributed by atoms with Gasteiger partial charge in [-0.05, 0) is 24.7 Å². The molecular formula is C17H26N2O4. The van der Waals surface area contributed by atoms with Gasteiger partial charge in [-0.25, -0.2) is 4.79 Å². The predicted octanol–water partition coefficient (Wildman–Crippen LogP) is 1.24. The molecule has 3 fully saturated rings. The summed E-state index contributed by atoms with van der Waals surface area (Å²) in [7, 11) is 1.37. The molecular weight excluding hydrogens is 296 g/mol. The molecule has 0 unspecified atom stereocenters. The number of nitrogens with one attached hydrogen (secondary N) is 1. The van der Waals surface area contributed by atoms with E-state index in [0.717, 1.165) is 0 Å². The topological polar surface area (TPSA) is 75.7 Å². The molecule has 2 heterocycles. The van der Waals surface area contributed by atoms with Crippen molar-refractivity contribution in [2.24, 2.45) is 11.8 Å². The van der Waals surface area contributed by atoms with Crippen LogP contribution in [0.2, 0.25) is 0 Å². The maximum Gasteiger partial charge on any atom is 0.328 e. The van der Waals surface area contributed by atoms with Crippen molar-refractivity contribution in [2.75, 3.05) is 13.7 Å². The van der Waals surface area contributed by atoms with Crippen LogP contribution in [0, 0.1) is 11.8 Å². The van der Waals surface area contributed by atoms with Gasteiger partial charge in [-0.3, -0.25) is 9.59 Å². The lowest BCUT2D eigenvalue weighted by Crippen LogP contribution is -2.49. The van der Waals surface area contributed by atoms with Crippen LogP contribution in [0.4, 0.5) is 0 Å². The van der Waals surface area contributed by atoms with Gasteiger partial charge in [0, 0.05) is 13.0 Å². The van der Waals surface area contributed by atoms with E-state index in [-0.39, 0.29) is 17.8 Å². The van der Waals surface area contributed by atoms with E-state index < -0.39 is 12.1 Å². The Morgan fingerprint density at radius 3 is 2.48 bits per heavy atom. The molecule has 0 aromatic rings. The van der Waals surface area contributed by atoms with E-state index in [1.807, 2.05) is 0 Å². The summed E-state index contributed by atoms with van der Waals surface area (Å²) in [4.78, 5) is 37.9. The van der Waals surface area contributed by atoms with Crippen molar-refractivity contribution >= 4 is 17.8 Å². The van der Waals surface area contributed by atoms with Crippen molar-refractivity contribution in [1.29, 1.82) is 0 Å². The minimum atomic E-state index is -0.489. The van der Waals surface area contributed by atoms with E-state index in [4.69, 9.17) is 4.74 Å². The highest BCUT2D eigenvalue weighted by atomic mass is 16.5. The van der Waals surface area contributed by atoms with Crippen LogP contribution < -0.4 is 5.32 Å². The third-order valence-electron chi connectivity index (χ3n) is 5.70. The Balaban J connectivity index is 1.71. The average Bonchev–Trinajstić information content (AvgIpc) is 3.21. The molecule has 0 radical (unpaired) electrons. The standard InChI is InChI=1S/C17H26N2O4/c1-23-17(22)14-9-12(11-5-3-2-4-6-11)10-19(14)16(21)13-7-8-15(20)18-13/h11-14H,2-10H2,1H3,(H,18,20)/t12-,13+,14+/m1/s1. The van der Waals surface area contributed by atoms with E-state index in [0.29, 0.717) is 37.6 Å². The SMILES string of the molecule is COC(=O)[C@@H]1C[C@@H](C2CCCCC2)CN1C(=O)[C@@H]1CCC(=O)N1. The number of nitrogens with zero attached hydrogens (tertiary/aromatic N) is 1. The monoisotopic (exact) mass is 322 g/mol. The molecule has 6 nitrogen and oxygen atoms in total. The number of amides is 2. The van der Waals surface area contributed by atoms with Crippen molar-refractivity contribution < 1.29 is 19.1 Å². The fourth-order valence-corrected chi connectivity index (χ4v) is 4.42. The van der Waals surface area contributed by atoms with Crippen LogP contribution in [0.15, 0.2) is 0 Å². The maximum absolute atomic E-state index is 12.8. The molecule has 3 aliphatic rings. The second-order valence-corrected chi connectivity index (χ2v) is 7.08. The van der Waals surface area contributed by atoms with Gasteiger partial charge in [0.15, 0.2) is 0 Å². The number of hydrogen-bond donors (Lipinski definition) is 1. The van der Waals surface area contributed by atoms with Crippen LogP contribution in [-0.4, -0.2) is 48.4 Å². The average molecular weight is 322 g/mol. The van der Waals surface area contributed by atoms with E-state index in [9.17, 15) is 14.4 Å². The largest absolute Gasteiger partial charge is 0.467 e. The molecule has 2 aliphatic heterocycles. The molecule has 128 valence electrons. The minimum absolute atomic E-state index is 0.0824. The molecule has 0 aromatic carbocycles. The summed E-state index contributed by atoms with van der Waals surface area (Å²) in [6, 6.07) is -0.961. The number of carbonyl (C=O) groups is 3. The molecule has 2 amide bonds.